The van der Waals surface area contributed by atoms with Crippen molar-refractivity contribution in [2.45, 2.75) is 142 Å². The number of hydrogen-bond donors (Lipinski definition) is 6. The maximum Gasteiger partial charge on any atom is 0.166 e. The summed E-state index contributed by atoms with van der Waals surface area (Å²) >= 11 is 29.2. The Morgan fingerprint density at radius 2 is 0.733 bits per heavy atom. The van der Waals surface area contributed by atoms with Crippen LogP contribution in [0.25, 0.3) is 91.9 Å². The zero-order valence-electron chi connectivity index (χ0n) is 83.8. The summed E-state index contributed by atoms with van der Waals surface area (Å²) in [4.78, 5) is 51.2. The predicted molar refractivity (Wildman–Crippen MR) is 604 cm³/mol. The summed E-state index contributed by atoms with van der Waals surface area (Å²) in [5, 5.41) is 43.7. The molecule has 0 aliphatic carbocycles. The summed E-state index contributed by atoms with van der Waals surface area (Å²) in [5.41, 5.74) is 26.0. The van der Waals surface area contributed by atoms with Crippen LogP contribution in [0.2, 0.25) is 15.1 Å². The molecule has 24 rings (SSSR count). The van der Waals surface area contributed by atoms with Gasteiger partial charge in [-0.05, 0) is 199 Å². The molecule has 0 fully saturated rings. The molecule has 0 spiro atoms. The van der Waals surface area contributed by atoms with E-state index in [2.05, 4.69) is 189 Å². The molecule has 35 heteroatoms. The summed E-state index contributed by atoms with van der Waals surface area (Å²) in [7, 11) is 11.0. The van der Waals surface area contributed by atoms with Crippen molar-refractivity contribution in [3.8, 4) is 17.2 Å². The highest BCUT2D eigenvalue weighted by Crippen LogP contribution is 2.47. The van der Waals surface area contributed by atoms with Crippen LogP contribution >= 0.6 is 103 Å². The van der Waals surface area contributed by atoms with Gasteiger partial charge in [0.15, 0.2) is 17.5 Å². The van der Waals surface area contributed by atoms with Gasteiger partial charge in [-0.3, -0.25) is 29.0 Å². The molecule has 3 aliphatic heterocycles. The summed E-state index contributed by atoms with van der Waals surface area (Å²) in [6.45, 7) is 30.1. The Balaban J connectivity index is 0.000000111. The lowest BCUT2D eigenvalue weighted by Gasteiger charge is -2.11. The van der Waals surface area contributed by atoms with Gasteiger partial charge in [-0.25, -0.2) is 38.7 Å². The van der Waals surface area contributed by atoms with Crippen molar-refractivity contribution < 1.29 is 23.0 Å². The van der Waals surface area contributed by atoms with Gasteiger partial charge in [0.25, 0.3) is 0 Å². The molecule has 0 radical (unpaired) electrons. The number of aromatic nitrogens is 12. The largest absolute Gasteiger partial charge is 0.497 e. The highest BCUT2D eigenvalue weighted by molar-refractivity contribution is 7.27. The fourth-order valence-corrected chi connectivity index (χ4v) is 26.4. The minimum Gasteiger partial charge on any atom is -0.497 e. The molecular formula is C111H106Cl3F2N21O3S6. The van der Waals surface area contributed by atoms with Gasteiger partial charge in [0.1, 0.15) is 75.4 Å². The number of methoxy groups -OCH3 is 3. The number of ether oxygens (including phenoxy) is 3. The molecule has 0 saturated carbocycles. The number of amidine groups is 3. The quantitative estimate of drug-likeness (QED) is 0.0466. The number of rotatable bonds is 18. The van der Waals surface area contributed by atoms with Gasteiger partial charge >= 0.3 is 0 Å². The molecule has 0 amide bonds. The van der Waals surface area contributed by atoms with Crippen molar-refractivity contribution in [1.29, 1.82) is 0 Å². The molecular weight excluding hydrogens is 2010 g/mol. The number of halogens is 5. The maximum absolute atomic E-state index is 13.8. The number of aliphatic imine (C=N–C) groups is 3. The van der Waals surface area contributed by atoms with E-state index in [-0.39, 0.29) is 11.6 Å². The van der Waals surface area contributed by atoms with Gasteiger partial charge in [0, 0.05) is 145 Å². The normalized spacial score (nSPS) is 12.3. The van der Waals surface area contributed by atoms with Gasteiger partial charge in [-0.2, -0.15) is 15.3 Å². The number of fused-ring (bicyclic) bond motifs is 18. The highest BCUT2D eigenvalue weighted by Gasteiger charge is 2.31. The molecule has 0 bridgehead atoms. The Kier molecular flexibility index (Phi) is 29.9. The van der Waals surface area contributed by atoms with E-state index >= 15 is 0 Å². The van der Waals surface area contributed by atoms with Crippen LogP contribution in [0, 0.1) is 94.7 Å². The number of aryl methyl sites for hydroxylation is 15. The first-order chi connectivity index (χ1) is 70.5. The van der Waals surface area contributed by atoms with E-state index in [1.807, 2.05) is 144 Å². The molecule has 6 aromatic carbocycles. The van der Waals surface area contributed by atoms with Crippen LogP contribution in [-0.4, -0.2) is 98.1 Å². The molecule has 6 N–H and O–H groups in total. The molecule has 0 saturated heterocycles. The average molecular weight is 2120 g/mol. The smallest absolute Gasteiger partial charge is 0.166 e. The number of anilines is 3. The van der Waals surface area contributed by atoms with Crippen LogP contribution in [0.4, 0.5) is 26.2 Å². The lowest BCUT2D eigenvalue weighted by atomic mass is 10.1. The van der Waals surface area contributed by atoms with Gasteiger partial charge in [-0.1, -0.05) is 137 Å². The molecule has 3 aliphatic rings. The third-order valence-corrected chi connectivity index (χ3v) is 34.4. The van der Waals surface area contributed by atoms with E-state index in [9.17, 15) is 8.78 Å². The first-order valence-corrected chi connectivity index (χ1v) is 53.4. The Morgan fingerprint density at radius 3 is 1.19 bits per heavy atom. The van der Waals surface area contributed by atoms with Crippen molar-refractivity contribution in [3.63, 3.8) is 0 Å². The van der Waals surface area contributed by atoms with Crippen LogP contribution in [0.1, 0.15) is 132 Å². The van der Waals surface area contributed by atoms with E-state index < -0.39 is 0 Å². The first kappa shape index (κ1) is 101. The second kappa shape index (κ2) is 43.2. The molecule has 18 heterocycles. The SMILES string of the molecule is COc1ccc(CNc2nn(C)c3c2sc2nc(C)cc(C)c23)c(OC)c1.COc1ccc(CNc2nn(C)c3c2sc2nccc(C)c23)cc1.Cc1cc(CNC2=NCc3c2sc2nc(C)c(Cl)c(C)c32)ccc1F.Cc1ccc(CNC2=NCc3c2sc2nc(C)c(Cl)c(C)c32)cc1.Cc1ccnc2sc3c(NCc4ccccc4)nn(C)c3c12.Cc1nc2sc3c(c2c(C)c1Cl)CN=C3NCc1ccccc1F. The number of nitrogens with zero attached hydrogens (tertiary/aromatic N) is 15. The zero-order chi connectivity index (χ0) is 102. The monoisotopic (exact) mass is 2120 g/mol. The zero-order valence-corrected chi connectivity index (χ0v) is 91.0. The standard InChI is InChI=1S/C20H22N4O2S.C19H17ClFN3S.C19H18ClN3S.C18H15ClFN3S.C18H18N4OS.C17H16N4S/c1-11-8-12(2)22-20-16(11)17-18(27-20)19(23-24(17)3)21-10-13-6-7-14(25-4)9-15(13)26-5;1-9-6-12(4-5-14(9)21)7-22-18-17-13(8-23-18)15-10(2)16(20)11(3)24-19(15)25-17;1-10-4-6-13(7-5-10)8-21-18-17-14(9-22-18)15-11(2)16(20)12(3)23-19(15)24-17;1-9-14-12-8-22-17(21-7-11-5-3-4-6-13(11)20)16(12)24-18(14)23-10(2)15(9)19;1-11-8-9-19-18-14(11)15-16(24-18)17(21-22(15)2)20-10-12-4-6-13(23-3)7-5-12;1-11-8-9-18-17-13(11)14-15(22-17)16(20-21(14)2)19-10-12-6-4-3-5-7-12/h6-9H,10H2,1-5H3,(H,21,23);4-6H,7-8H2,1-3H3,(H,22,23);4-7H,8-9H2,1-3H3,(H,21,22);3-6H,7-8H2,1-2H3,(H,21,22);4-9H,10H2,1-3H3,(H,20,21);3-9H,10H2,1-2H3,(H,19,20). The number of nitrogens with one attached hydrogen (secondary N) is 6. The van der Waals surface area contributed by atoms with Crippen LogP contribution in [0.3, 0.4) is 0 Å². The molecule has 744 valence electrons. The average Bonchev–Trinajstić information content (AvgIpc) is 1.48. The predicted octanol–water partition coefficient (Wildman–Crippen LogP) is 27.4. The third kappa shape index (κ3) is 20.5. The van der Waals surface area contributed by atoms with Crippen molar-refractivity contribution in [1.82, 2.24) is 75.2 Å². The van der Waals surface area contributed by atoms with Crippen molar-refractivity contribution in [3.05, 3.63) is 329 Å². The van der Waals surface area contributed by atoms with E-state index in [4.69, 9.17) is 59.1 Å². The number of hydrogen-bond acceptors (Lipinski definition) is 27. The fourth-order valence-electron chi connectivity index (χ4n) is 18.5. The fraction of sp³-hybridized carbons (Fsp3) is 0.243. The molecule has 146 heavy (non-hydrogen) atoms. The van der Waals surface area contributed by atoms with E-state index in [1.165, 1.54) is 98.8 Å². The van der Waals surface area contributed by atoms with Crippen LogP contribution < -0.4 is 46.1 Å². The van der Waals surface area contributed by atoms with Gasteiger partial charge in [0.05, 0.1) is 118 Å². The lowest BCUT2D eigenvalue weighted by Crippen LogP contribution is -2.22. The topological polar surface area (TPSA) is 268 Å². The van der Waals surface area contributed by atoms with Crippen LogP contribution in [0.15, 0.2) is 185 Å². The second-order valence-corrected chi connectivity index (χ2v) is 43.2. The highest BCUT2D eigenvalue weighted by atomic mass is 35.5. The van der Waals surface area contributed by atoms with Crippen LogP contribution in [0.5, 0.6) is 17.2 Å². The lowest BCUT2D eigenvalue weighted by molar-refractivity contribution is 0.391. The van der Waals surface area contributed by atoms with Gasteiger partial charge in [0.2, 0.25) is 0 Å². The minimum atomic E-state index is -0.208. The molecule has 21 aromatic rings. The third-order valence-electron chi connectivity index (χ3n) is 26.1. The van der Waals surface area contributed by atoms with Crippen molar-refractivity contribution in [2.75, 3.05) is 37.3 Å². The van der Waals surface area contributed by atoms with E-state index in [0.717, 1.165) is 213 Å². The summed E-state index contributed by atoms with van der Waals surface area (Å²) in [6, 6.07) is 51.0. The second-order valence-electron chi connectivity index (χ2n) is 36.1. The number of pyridine rings is 6. The molecule has 24 nitrogen and oxygen atoms in total. The summed E-state index contributed by atoms with van der Waals surface area (Å²) in [6.07, 6.45) is 3.74. The molecule has 0 atom stereocenters. The number of benzene rings is 6. The summed E-state index contributed by atoms with van der Waals surface area (Å²) in [5.74, 6) is 7.42. The Hall–Kier alpha value is -13.7. The Bertz CT molecular complexity index is 8720. The van der Waals surface area contributed by atoms with E-state index in [1.54, 1.807) is 114 Å². The maximum atomic E-state index is 13.8. The van der Waals surface area contributed by atoms with Gasteiger partial charge in [-0.15, -0.1) is 68.0 Å². The van der Waals surface area contributed by atoms with Crippen molar-refractivity contribution in [2.24, 2.45) is 36.1 Å². The Morgan fingerprint density at radius 1 is 0.342 bits per heavy atom. The van der Waals surface area contributed by atoms with Crippen LogP contribution in [-0.2, 0) is 80.0 Å². The first-order valence-electron chi connectivity index (χ1n) is 47.4. The minimum absolute atomic E-state index is 0.178. The van der Waals surface area contributed by atoms with E-state index in [0.29, 0.717) is 50.4 Å². The summed E-state index contributed by atoms with van der Waals surface area (Å²) < 4.78 is 52.4. The molecule has 15 aromatic heterocycles. The van der Waals surface area contributed by atoms with Gasteiger partial charge < -0.3 is 46.1 Å². The Labute approximate surface area is 882 Å². The molecule has 0 unspecified atom stereocenters. The number of thiophene rings is 6. The van der Waals surface area contributed by atoms with Crippen molar-refractivity contribution >= 4 is 230 Å².